The first kappa shape index (κ1) is 14.3. The highest BCUT2D eigenvalue weighted by atomic mass is 32.2. The van der Waals surface area contributed by atoms with Crippen LogP contribution in [0.4, 0.5) is 5.69 Å². The summed E-state index contributed by atoms with van der Waals surface area (Å²) in [6, 6.07) is 7.08. The fraction of sp³-hybridized carbons (Fsp3) is 0.538. The second-order valence-electron chi connectivity index (χ2n) is 5.06. The van der Waals surface area contributed by atoms with Crippen molar-refractivity contribution >= 4 is 15.7 Å². The zero-order chi connectivity index (χ0) is 13.9. The summed E-state index contributed by atoms with van der Waals surface area (Å²) in [6.07, 6.45) is 0.882. The first-order valence-electron chi connectivity index (χ1n) is 6.48. The molecule has 1 aliphatic heterocycles. The van der Waals surface area contributed by atoms with Crippen LogP contribution in [0.5, 0.6) is 0 Å². The van der Waals surface area contributed by atoms with Gasteiger partial charge in [-0.05, 0) is 37.7 Å². The standard InChI is InChI=1S/C13H21N3O2S/c1-15-6-3-7-16(9-8-15)19(17,18)11-12-4-2-5-13(14)10-12/h2,4-5,10H,3,6-9,11,14H2,1H3. The summed E-state index contributed by atoms with van der Waals surface area (Å²) in [5.74, 6) is 0.0295. The number of hydrogen-bond acceptors (Lipinski definition) is 4. The fourth-order valence-corrected chi connectivity index (χ4v) is 3.84. The molecule has 2 N–H and O–H groups in total. The molecule has 0 amide bonds. The molecule has 0 aliphatic carbocycles. The van der Waals surface area contributed by atoms with Gasteiger partial charge in [-0.25, -0.2) is 12.7 Å². The van der Waals surface area contributed by atoms with E-state index in [0.717, 1.165) is 25.1 Å². The van der Waals surface area contributed by atoms with Crippen molar-refractivity contribution in [3.05, 3.63) is 29.8 Å². The van der Waals surface area contributed by atoms with Gasteiger partial charge in [0.05, 0.1) is 5.75 Å². The van der Waals surface area contributed by atoms with Crippen LogP contribution in [-0.4, -0.2) is 50.8 Å². The molecule has 19 heavy (non-hydrogen) atoms. The van der Waals surface area contributed by atoms with E-state index in [1.807, 2.05) is 7.05 Å². The SMILES string of the molecule is CN1CCCN(S(=O)(=O)Cc2cccc(N)c2)CC1. The Morgan fingerprint density at radius 3 is 2.74 bits per heavy atom. The highest BCUT2D eigenvalue weighted by Gasteiger charge is 2.24. The van der Waals surface area contributed by atoms with E-state index in [1.54, 1.807) is 28.6 Å². The monoisotopic (exact) mass is 283 g/mol. The van der Waals surface area contributed by atoms with Crippen molar-refractivity contribution in [2.24, 2.45) is 0 Å². The molecule has 0 spiro atoms. The minimum atomic E-state index is -3.25. The number of benzene rings is 1. The zero-order valence-electron chi connectivity index (χ0n) is 11.2. The first-order valence-corrected chi connectivity index (χ1v) is 8.09. The summed E-state index contributed by atoms with van der Waals surface area (Å²) >= 11 is 0. The second-order valence-corrected chi connectivity index (χ2v) is 7.03. The van der Waals surface area contributed by atoms with Crippen LogP contribution in [0.1, 0.15) is 12.0 Å². The fourth-order valence-electron chi connectivity index (χ4n) is 2.29. The van der Waals surface area contributed by atoms with Crippen molar-refractivity contribution in [2.75, 3.05) is 39.0 Å². The smallest absolute Gasteiger partial charge is 0.218 e. The van der Waals surface area contributed by atoms with Gasteiger partial charge in [0, 0.05) is 25.3 Å². The van der Waals surface area contributed by atoms with E-state index in [1.165, 1.54) is 0 Å². The Bertz CT molecular complexity index is 530. The molecule has 6 heteroatoms. The van der Waals surface area contributed by atoms with Crippen molar-refractivity contribution in [1.82, 2.24) is 9.21 Å². The molecule has 0 aromatic heterocycles. The van der Waals surface area contributed by atoms with E-state index in [4.69, 9.17) is 5.73 Å². The van der Waals surface area contributed by atoms with Gasteiger partial charge in [0.15, 0.2) is 0 Å². The van der Waals surface area contributed by atoms with Gasteiger partial charge in [0.1, 0.15) is 0 Å². The number of nitrogens with two attached hydrogens (primary N) is 1. The summed E-state index contributed by atoms with van der Waals surface area (Å²) in [6.45, 7) is 2.91. The molecule has 1 heterocycles. The van der Waals surface area contributed by atoms with E-state index in [9.17, 15) is 8.42 Å². The maximum atomic E-state index is 12.4. The van der Waals surface area contributed by atoms with Crippen LogP contribution in [0.2, 0.25) is 0 Å². The molecular formula is C13H21N3O2S. The molecule has 0 bridgehead atoms. The molecule has 1 saturated heterocycles. The highest BCUT2D eigenvalue weighted by Crippen LogP contribution is 2.15. The Balaban J connectivity index is 2.09. The summed E-state index contributed by atoms with van der Waals surface area (Å²) < 4.78 is 26.4. The summed E-state index contributed by atoms with van der Waals surface area (Å²) in [5.41, 5.74) is 7.03. The molecular weight excluding hydrogens is 262 g/mol. The Kier molecular flexibility index (Phi) is 4.44. The Morgan fingerprint density at radius 2 is 2.00 bits per heavy atom. The quantitative estimate of drug-likeness (QED) is 0.831. The van der Waals surface area contributed by atoms with Crippen molar-refractivity contribution < 1.29 is 8.42 Å². The molecule has 1 aromatic carbocycles. The van der Waals surface area contributed by atoms with Crippen LogP contribution in [-0.2, 0) is 15.8 Å². The first-order chi connectivity index (χ1) is 8.97. The predicted molar refractivity (Wildman–Crippen MR) is 77.2 cm³/mol. The Morgan fingerprint density at radius 1 is 1.21 bits per heavy atom. The van der Waals surface area contributed by atoms with Crippen LogP contribution < -0.4 is 5.73 Å². The van der Waals surface area contributed by atoms with Gasteiger partial charge in [0.25, 0.3) is 0 Å². The zero-order valence-corrected chi connectivity index (χ0v) is 12.1. The second kappa shape index (κ2) is 5.90. The lowest BCUT2D eigenvalue weighted by atomic mass is 10.2. The molecule has 2 rings (SSSR count). The number of likely N-dealkylation sites (N-methyl/N-ethyl adjacent to an activating group) is 1. The van der Waals surface area contributed by atoms with Gasteiger partial charge in [-0.15, -0.1) is 0 Å². The van der Waals surface area contributed by atoms with Crippen LogP contribution in [0.25, 0.3) is 0 Å². The average Bonchev–Trinajstić information content (AvgIpc) is 2.54. The average molecular weight is 283 g/mol. The van der Waals surface area contributed by atoms with Crippen molar-refractivity contribution in [2.45, 2.75) is 12.2 Å². The van der Waals surface area contributed by atoms with Crippen molar-refractivity contribution in [3.63, 3.8) is 0 Å². The highest BCUT2D eigenvalue weighted by molar-refractivity contribution is 7.88. The molecule has 106 valence electrons. The van der Waals surface area contributed by atoms with Gasteiger partial charge >= 0.3 is 0 Å². The Hall–Kier alpha value is -1.11. The molecule has 0 saturated carbocycles. The molecule has 1 fully saturated rings. The van der Waals surface area contributed by atoms with E-state index >= 15 is 0 Å². The van der Waals surface area contributed by atoms with Crippen LogP contribution in [0, 0.1) is 0 Å². The van der Waals surface area contributed by atoms with Crippen molar-refractivity contribution in [3.8, 4) is 0 Å². The number of nitrogen functional groups attached to an aromatic ring is 1. The minimum Gasteiger partial charge on any atom is -0.399 e. The van der Waals surface area contributed by atoms with E-state index < -0.39 is 10.0 Å². The van der Waals surface area contributed by atoms with Crippen LogP contribution in [0.3, 0.4) is 0 Å². The number of rotatable bonds is 3. The Labute approximate surface area is 115 Å². The third kappa shape index (κ3) is 3.92. The normalized spacial score (nSPS) is 19.2. The summed E-state index contributed by atoms with van der Waals surface area (Å²) in [5, 5.41) is 0. The molecule has 0 radical (unpaired) electrons. The summed E-state index contributed by atoms with van der Waals surface area (Å²) in [4.78, 5) is 2.16. The minimum absolute atomic E-state index is 0.0295. The number of nitrogens with zero attached hydrogens (tertiary/aromatic N) is 2. The lowest BCUT2D eigenvalue weighted by molar-refractivity contribution is 0.347. The van der Waals surface area contributed by atoms with Gasteiger partial charge in [0.2, 0.25) is 10.0 Å². The third-order valence-corrected chi connectivity index (χ3v) is 5.22. The topological polar surface area (TPSA) is 66.6 Å². The molecule has 5 nitrogen and oxygen atoms in total. The van der Waals surface area contributed by atoms with E-state index in [2.05, 4.69) is 4.90 Å². The molecule has 1 aliphatic rings. The molecule has 0 unspecified atom stereocenters. The maximum Gasteiger partial charge on any atom is 0.218 e. The van der Waals surface area contributed by atoms with Gasteiger partial charge in [-0.3, -0.25) is 0 Å². The number of hydrogen-bond donors (Lipinski definition) is 1. The lowest BCUT2D eigenvalue weighted by Gasteiger charge is -2.20. The third-order valence-electron chi connectivity index (χ3n) is 3.37. The largest absolute Gasteiger partial charge is 0.399 e. The van der Waals surface area contributed by atoms with Gasteiger partial charge in [-0.2, -0.15) is 0 Å². The predicted octanol–water partition coefficient (Wildman–Crippen LogP) is 0.736. The molecule has 0 atom stereocenters. The maximum absolute atomic E-state index is 12.4. The molecule has 1 aromatic rings. The van der Waals surface area contributed by atoms with Crippen LogP contribution >= 0.6 is 0 Å². The van der Waals surface area contributed by atoms with Gasteiger partial charge < -0.3 is 10.6 Å². The van der Waals surface area contributed by atoms with Crippen LogP contribution in [0.15, 0.2) is 24.3 Å². The number of anilines is 1. The number of sulfonamides is 1. The van der Waals surface area contributed by atoms with E-state index in [0.29, 0.717) is 18.8 Å². The summed E-state index contributed by atoms with van der Waals surface area (Å²) in [7, 11) is -1.23. The van der Waals surface area contributed by atoms with E-state index in [-0.39, 0.29) is 5.75 Å². The van der Waals surface area contributed by atoms with Crippen molar-refractivity contribution in [1.29, 1.82) is 0 Å². The van der Waals surface area contributed by atoms with Gasteiger partial charge in [-0.1, -0.05) is 12.1 Å². The lowest BCUT2D eigenvalue weighted by Crippen LogP contribution is -2.35.